The summed E-state index contributed by atoms with van der Waals surface area (Å²) >= 11 is 0. The molecule has 25 heavy (non-hydrogen) atoms. The number of imide groups is 1. The Balaban J connectivity index is 2.11. The van der Waals surface area contributed by atoms with E-state index in [0.29, 0.717) is 18.4 Å². The van der Waals surface area contributed by atoms with Crippen LogP contribution in [0.25, 0.3) is 0 Å². The summed E-state index contributed by atoms with van der Waals surface area (Å²) in [6.07, 6.45) is 1.89. The normalized spacial score (nSPS) is 20.6. The van der Waals surface area contributed by atoms with E-state index in [2.05, 4.69) is 16.0 Å². The van der Waals surface area contributed by atoms with Crippen molar-refractivity contribution in [2.24, 2.45) is 0 Å². The third-order valence-electron chi connectivity index (χ3n) is 4.22. The number of aliphatic carboxylic acids is 1. The highest BCUT2D eigenvalue weighted by atomic mass is 16.4. The maximum atomic E-state index is 12.2. The number of benzene rings is 1. The van der Waals surface area contributed by atoms with E-state index in [1.165, 1.54) is 12.1 Å². The minimum atomic E-state index is -1.20. The van der Waals surface area contributed by atoms with Crippen LogP contribution in [0.5, 0.6) is 0 Å². The molecule has 1 fully saturated rings. The number of carboxylic acids is 1. The Hall–Kier alpha value is -2.90. The molecule has 2 unspecified atom stereocenters. The Morgan fingerprint density at radius 2 is 1.88 bits per heavy atom. The molecular formula is C17H21N3O5. The van der Waals surface area contributed by atoms with Gasteiger partial charge in [-0.15, -0.1) is 0 Å². The van der Waals surface area contributed by atoms with Gasteiger partial charge in [-0.3, -0.25) is 14.9 Å². The highest BCUT2D eigenvalue weighted by molar-refractivity contribution is 6.07. The van der Waals surface area contributed by atoms with E-state index >= 15 is 0 Å². The number of urea groups is 1. The van der Waals surface area contributed by atoms with Gasteiger partial charge in [-0.1, -0.05) is 31.9 Å². The molecular weight excluding hydrogens is 326 g/mol. The predicted molar refractivity (Wildman–Crippen MR) is 88.9 cm³/mol. The fourth-order valence-corrected chi connectivity index (χ4v) is 2.61. The largest absolute Gasteiger partial charge is 0.480 e. The number of amides is 4. The second kappa shape index (κ2) is 7.33. The lowest BCUT2D eigenvalue weighted by Gasteiger charge is -2.21. The van der Waals surface area contributed by atoms with Crippen molar-refractivity contribution in [3.8, 4) is 0 Å². The summed E-state index contributed by atoms with van der Waals surface area (Å²) in [4.78, 5) is 46.7. The highest BCUT2D eigenvalue weighted by Gasteiger charge is 2.43. The number of hydrogen-bond acceptors (Lipinski definition) is 4. The fourth-order valence-electron chi connectivity index (χ4n) is 2.61. The van der Waals surface area contributed by atoms with Gasteiger partial charge in [-0.05, 0) is 31.0 Å². The molecule has 4 N–H and O–H groups in total. The average molecular weight is 347 g/mol. The third kappa shape index (κ3) is 3.96. The van der Waals surface area contributed by atoms with Crippen molar-refractivity contribution >= 4 is 23.8 Å². The quantitative estimate of drug-likeness (QED) is 0.550. The molecule has 1 aliphatic rings. The summed E-state index contributed by atoms with van der Waals surface area (Å²) in [7, 11) is 0. The van der Waals surface area contributed by atoms with Crippen LogP contribution in [-0.4, -0.2) is 35.0 Å². The lowest BCUT2D eigenvalue weighted by molar-refractivity contribution is -0.139. The minimum absolute atomic E-state index is 0.278. The maximum absolute atomic E-state index is 12.2. The monoisotopic (exact) mass is 347 g/mol. The number of rotatable bonds is 7. The lowest BCUT2D eigenvalue weighted by Crippen LogP contribution is -2.41. The summed E-state index contributed by atoms with van der Waals surface area (Å²) in [5.41, 5.74) is -0.399. The van der Waals surface area contributed by atoms with Crippen LogP contribution in [0, 0.1) is 0 Å². The van der Waals surface area contributed by atoms with Gasteiger partial charge < -0.3 is 15.7 Å². The summed E-state index contributed by atoms with van der Waals surface area (Å²) in [6, 6.07) is 4.59. The van der Waals surface area contributed by atoms with Crippen molar-refractivity contribution < 1.29 is 24.3 Å². The zero-order valence-corrected chi connectivity index (χ0v) is 14.1. The van der Waals surface area contributed by atoms with Crippen molar-refractivity contribution in [2.45, 2.75) is 44.7 Å². The molecule has 134 valence electrons. The van der Waals surface area contributed by atoms with Gasteiger partial charge in [0.05, 0.1) is 0 Å². The molecule has 0 spiro atoms. The first kappa shape index (κ1) is 18.4. The van der Waals surface area contributed by atoms with Crippen LogP contribution in [0.15, 0.2) is 24.3 Å². The molecule has 2 atom stereocenters. The molecule has 0 aliphatic carbocycles. The lowest BCUT2D eigenvalue weighted by atomic mass is 9.91. The summed E-state index contributed by atoms with van der Waals surface area (Å²) in [5, 5.41) is 16.4. The zero-order chi connectivity index (χ0) is 18.6. The number of unbranched alkanes of at least 4 members (excludes halogenated alkanes) is 1. The number of hydrogen-bond donors (Lipinski definition) is 4. The van der Waals surface area contributed by atoms with Crippen LogP contribution in [0.2, 0.25) is 0 Å². The average Bonchev–Trinajstić information content (AvgIpc) is 2.84. The van der Waals surface area contributed by atoms with Crippen LogP contribution in [0.1, 0.15) is 49.0 Å². The second-order valence-electron chi connectivity index (χ2n) is 6.12. The summed E-state index contributed by atoms with van der Waals surface area (Å²) in [5.74, 6) is -2.04. The van der Waals surface area contributed by atoms with E-state index in [4.69, 9.17) is 0 Å². The first-order valence-corrected chi connectivity index (χ1v) is 8.05. The highest BCUT2D eigenvalue weighted by Crippen LogP contribution is 2.24. The first-order chi connectivity index (χ1) is 11.8. The Morgan fingerprint density at radius 1 is 1.24 bits per heavy atom. The maximum Gasteiger partial charge on any atom is 0.326 e. The number of nitrogens with one attached hydrogen (secondary N) is 3. The van der Waals surface area contributed by atoms with Gasteiger partial charge in [-0.25, -0.2) is 9.59 Å². The standard InChI is InChI=1S/C17H21N3O5/c1-3-4-5-12(14(22)23)18-13(21)10-6-8-11(9-7-10)17(2)15(24)19-16(25)20-17/h6-9,12H,3-5H2,1-2H3,(H,18,21)(H,22,23)(H2,19,20,24,25). The molecule has 1 aromatic rings. The van der Waals surface area contributed by atoms with Crippen molar-refractivity contribution in [2.75, 3.05) is 0 Å². The Kier molecular flexibility index (Phi) is 5.41. The fraction of sp³-hybridized carbons (Fsp3) is 0.412. The molecule has 1 saturated heterocycles. The smallest absolute Gasteiger partial charge is 0.326 e. The second-order valence-corrected chi connectivity index (χ2v) is 6.12. The molecule has 1 aliphatic heterocycles. The molecule has 1 aromatic carbocycles. The molecule has 8 heteroatoms. The van der Waals surface area contributed by atoms with Gasteiger partial charge in [0.15, 0.2) is 0 Å². The van der Waals surface area contributed by atoms with Gasteiger partial charge in [0, 0.05) is 5.56 Å². The number of carbonyl (C=O) groups is 4. The van der Waals surface area contributed by atoms with E-state index in [1.54, 1.807) is 19.1 Å². The van der Waals surface area contributed by atoms with Crippen LogP contribution < -0.4 is 16.0 Å². The van der Waals surface area contributed by atoms with Crippen molar-refractivity contribution in [1.29, 1.82) is 0 Å². The van der Waals surface area contributed by atoms with E-state index in [-0.39, 0.29) is 5.56 Å². The van der Waals surface area contributed by atoms with E-state index in [9.17, 15) is 24.3 Å². The van der Waals surface area contributed by atoms with Crippen molar-refractivity contribution in [1.82, 2.24) is 16.0 Å². The van der Waals surface area contributed by atoms with E-state index < -0.39 is 35.4 Å². The molecule has 1 heterocycles. The van der Waals surface area contributed by atoms with Crippen molar-refractivity contribution in [3.05, 3.63) is 35.4 Å². The molecule has 0 saturated carbocycles. The Morgan fingerprint density at radius 3 is 2.36 bits per heavy atom. The molecule has 0 bridgehead atoms. The SMILES string of the molecule is CCCCC(NC(=O)c1ccc(C2(C)NC(=O)NC2=O)cc1)C(=O)O. The predicted octanol–water partition coefficient (Wildman–Crippen LogP) is 1.11. The van der Waals surface area contributed by atoms with Crippen LogP contribution in [0.3, 0.4) is 0 Å². The van der Waals surface area contributed by atoms with Crippen LogP contribution in [0.4, 0.5) is 4.79 Å². The van der Waals surface area contributed by atoms with E-state index in [1.807, 2.05) is 6.92 Å². The van der Waals surface area contributed by atoms with Crippen LogP contribution in [-0.2, 0) is 15.1 Å². The number of carbonyl (C=O) groups excluding carboxylic acids is 3. The van der Waals surface area contributed by atoms with Gasteiger partial charge in [-0.2, -0.15) is 0 Å². The van der Waals surface area contributed by atoms with Gasteiger partial charge in [0.2, 0.25) is 0 Å². The molecule has 4 amide bonds. The van der Waals surface area contributed by atoms with Crippen molar-refractivity contribution in [3.63, 3.8) is 0 Å². The topological polar surface area (TPSA) is 125 Å². The molecule has 8 nitrogen and oxygen atoms in total. The Bertz CT molecular complexity index is 701. The molecule has 2 rings (SSSR count). The molecule has 0 radical (unpaired) electrons. The Labute approximate surface area is 145 Å². The first-order valence-electron chi connectivity index (χ1n) is 8.05. The molecule has 0 aromatic heterocycles. The minimum Gasteiger partial charge on any atom is -0.480 e. The number of carboxylic acid groups (broad SMARTS) is 1. The van der Waals surface area contributed by atoms with Crippen LogP contribution >= 0.6 is 0 Å². The third-order valence-corrected chi connectivity index (χ3v) is 4.22. The summed E-state index contributed by atoms with van der Waals surface area (Å²) < 4.78 is 0. The zero-order valence-electron chi connectivity index (χ0n) is 14.1. The van der Waals surface area contributed by atoms with Gasteiger partial charge in [0.25, 0.3) is 11.8 Å². The van der Waals surface area contributed by atoms with Gasteiger partial charge >= 0.3 is 12.0 Å². The summed E-state index contributed by atoms with van der Waals surface area (Å²) in [6.45, 7) is 3.51. The van der Waals surface area contributed by atoms with Gasteiger partial charge in [0.1, 0.15) is 11.6 Å². The van der Waals surface area contributed by atoms with E-state index in [0.717, 1.165) is 6.42 Å².